The zero-order valence-electron chi connectivity index (χ0n) is 6.60. The number of hydrogen-bond donors (Lipinski definition) is 0. The highest BCUT2D eigenvalue weighted by Gasteiger charge is 2.09. The fourth-order valence-corrected chi connectivity index (χ4v) is 2.29. The maximum Gasteiger partial charge on any atom is 0.105 e. The molecule has 6 heteroatoms. The van der Waals surface area contributed by atoms with Crippen molar-refractivity contribution in [1.82, 2.24) is 9.59 Å². The molecule has 0 radical (unpaired) electrons. The van der Waals surface area contributed by atoms with E-state index in [1.807, 2.05) is 0 Å². The molecule has 1 rings (SSSR count). The van der Waals surface area contributed by atoms with Crippen LogP contribution in [0.3, 0.4) is 0 Å². The smallest absolute Gasteiger partial charge is 0.105 e. The van der Waals surface area contributed by atoms with Crippen molar-refractivity contribution in [2.24, 2.45) is 0 Å². The average molecular weight is 203 g/mol. The Morgan fingerprint density at radius 2 is 2.42 bits per heavy atom. The van der Waals surface area contributed by atoms with Crippen molar-refractivity contribution < 1.29 is 9.90 Å². The van der Waals surface area contributed by atoms with Gasteiger partial charge in [0, 0.05) is 5.25 Å². The summed E-state index contributed by atoms with van der Waals surface area (Å²) in [6.45, 7) is 3.38. The molecular weight excluding hydrogens is 196 g/mol. The van der Waals surface area contributed by atoms with Gasteiger partial charge in [0.2, 0.25) is 0 Å². The molecule has 0 saturated heterocycles. The zero-order chi connectivity index (χ0) is 9.14. The first-order valence-corrected chi connectivity index (χ1v) is 4.93. The molecule has 66 valence electrons. The van der Waals surface area contributed by atoms with Gasteiger partial charge >= 0.3 is 0 Å². The van der Waals surface area contributed by atoms with Crippen LogP contribution in [0.15, 0.2) is 4.21 Å². The number of aliphatic carboxylic acids is 1. The SMILES string of the molecule is Cc1nnsc1S[C@H](C)C(=O)[O-]. The number of thioether (sulfide) groups is 1. The standard InChI is InChI=1S/C6H8N2O2S2/c1-3-6(12-8-7-3)11-4(2)5(9)10/h4H,1-2H3,(H,9,10)/p-1/t4-/m1/s1. The number of aryl methyl sites for hydroxylation is 1. The largest absolute Gasteiger partial charge is 0.549 e. The lowest BCUT2D eigenvalue weighted by atomic mass is 10.5. The van der Waals surface area contributed by atoms with Gasteiger partial charge in [0.15, 0.2) is 0 Å². The molecule has 12 heavy (non-hydrogen) atoms. The van der Waals surface area contributed by atoms with Crippen molar-refractivity contribution >= 4 is 29.3 Å². The number of hydrogen-bond acceptors (Lipinski definition) is 6. The van der Waals surface area contributed by atoms with Gasteiger partial charge in [0.25, 0.3) is 0 Å². The fraction of sp³-hybridized carbons (Fsp3) is 0.500. The van der Waals surface area contributed by atoms with Crippen molar-refractivity contribution in [2.75, 3.05) is 0 Å². The molecule has 0 N–H and O–H groups in total. The summed E-state index contributed by atoms with van der Waals surface area (Å²) in [7, 11) is 0. The summed E-state index contributed by atoms with van der Waals surface area (Å²) in [5, 5.41) is 13.6. The predicted molar refractivity (Wildman–Crippen MR) is 45.0 cm³/mol. The van der Waals surface area contributed by atoms with Crippen LogP contribution in [-0.2, 0) is 4.79 Å². The molecule has 0 aliphatic heterocycles. The van der Waals surface area contributed by atoms with Crippen LogP contribution in [0.1, 0.15) is 12.6 Å². The van der Waals surface area contributed by atoms with Crippen LogP contribution in [-0.4, -0.2) is 20.8 Å². The highest BCUT2D eigenvalue weighted by molar-refractivity contribution is 8.02. The van der Waals surface area contributed by atoms with Gasteiger partial charge < -0.3 is 9.90 Å². The van der Waals surface area contributed by atoms with E-state index in [0.29, 0.717) is 0 Å². The third kappa shape index (κ3) is 2.18. The Morgan fingerprint density at radius 1 is 1.75 bits per heavy atom. The Balaban J connectivity index is 2.64. The van der Waals surface area contributed by atoms with Crippen molar-refractivity contribution in [3.8, 4) is 0 Å². The lowest BCUT2D eigenvalue weighted by molar-refractivity contribution is -0.304. The van der Waals surface area contributed by atoms with E-state index in [1.54, 1.807) is 13.8 Å². The number of carbonyl (C=O) groups is 1. The number of rotatable bonds is 3. The predicted octanol–water partition coefficient (Wildman–Crippen LogP) is 0.0770. The second kappa shape index (κ2) is 3.86. The molecule has 0 saturated carbocycles. The molecule has 0 aliphatic rings. The van der Waals surface area contributed by atoms with Gasteiger partial charge in [-0.05, 0) is 25.4 Å². The summed E-state index contributed by atoms with van der Waals surface area (Å²) < 4.78 is 4.53. The lowest BCUT2D eigenvalue weighted by Crippen LogP contribution is -2.31. The minimum atomic E-state index is -1.06. The Bertz CT molecular complexity index is 287. The van der Waals surface area contributed by atoms with Crippen LogP contribution in [0.4, 0.5) is 0 Å². The van der Waals surface area contributed by atoms with E-state index in [4.69, 9.17) is 0 Å². The third-order valence-corrected chi connectivity index (χ3v) is 3.42. The first-order chi connectivity index (χ1) is 5.61. The summed E-state index contributed by atoms with van der Waals surface area (Å²) in [5.74, 6) is -1.06. The first kappa shape index (κ1) is 9.47. The van der Waals surface area contributed by atoms with E-state index in [1.165, 1.54) is 23.3 Å². The lowest BCUT2D eigenvalue weighted by Gasteiger charge is -2.09. The summed E-state index contributed by atoms with van der Waals surface area (Å²) >= 11 is 2.42. The summed E-state index contributed by atoms with van der Waals surface area (Å²) in [4.78, 5) is 10.4. The maximum absolute atomic E-state index is 10.4. The molecule has 0 bridgehead atoms. The molecule has 4 nitrogen and oxygen atoms in total. The van der Waals surface area contributed by atoms with Gasteiger partial charge in [-0.15, -0.1) is 16.9 Å². The highest BCUT2D eigenvalue weighted by Crippen LogP contribution is 2.27. The van der Waals surface area contributed by atoms with E-state index in [9.17, 15) is 9.90 Å². The van der Waals surface area contributed by atoms with Gasteiger partial charge in [-0.1, -0.05) is 4.49 Å². The van der Waals surface area contributed by atoms with Crippen LogP contribution >= 0.6 is 23.3 Å². The average Bonchev–Trinajstić information content (AvgIpc) is 2.36. The zero-order valence-corrected chi connectivity index (χ0v) is 8.24. The van der Waals surface area contributed by atoms with Crippen molar-refractivity contribution in [1.29, 1.82) is 0 Å². The highest BCUT2D eigenvalue weighted by atomic mass is 32.2. The number of carboxylic acid groups (broad SMARTS) is 1. The Labute approximate surface area is 78.2 Å². The van der Waals surface area contributed by atoms with E-state index in [0.717, 1.165) is 9.90 Å². The topological polar surface area (TPSA) is 65.9 Å². The number of carbonyl (C=O) groups excluding carboxylic acids is 1. The van der Waals surface area contributed by atoms with Crippen LogP contribution in [0, 0.1) is 6.92 Å². The molecule has 0 fully saturated rings. The monoisotopic (exact) mass is 203 g/mol. The second-order valence-electron chi connectivity index (χ2n) is 2.22. The minimum Gasteiger partial charge on any atom is -0.549 e. The first-order valence-electron chi connectivity index (χ1n) is 3.27. The minimum absolute atomic E-state index is 0.550. The van der Waals surface area contributed by atoms with Crippen molar-refractivity contribution in [3.63, 3.8) is 0 Å². The van der Waals surface area contributed by atoms with Crippen LogP contribution in [0.2, 0.25) is 0 Å². The van der Waals surface area contributed by atoms with Gasteiger partial charge in [-0.2, -0.15) is 0 Å². The summed E-state index contributed by atoms with van der Waals surface area (Å²) in [6, 6.07) is 0. The molecule has 0 amide bonds. The van der Waals surface area contributed by atoms with Gasteiger partial charge in [-0.3, -0.25) is 0 Å². The van der Waals surface area contributed by atoms with Crippen LogP contribution in [0.25, 0.3) is 0 Å². The Hall–Kier alpha value is -0.620. The molecule has 0 aliphatic carbocycles. The molecule has 0 aromatic carbocycles. The van der Waals surface area contributed by atoms with Crippen LogP contribution < -0.4 is 5.11 Å². The van der Waals surface area contributed by atoms with Gasteiger partial charge in [-0.25, -0.2) is 0 Å². The molecule has 1 atom stereocenters. The number of carboxylic acids is 1. The molecule has 0 unspecified atom stereocenters. The normalized spacial score (nSPS) is 12.8. The van der Waals surface area contributed by atoms with Gasteiger partial charge in [0.05, 0.1) is 11.7 Å². The van der Waals surface area contributed by atoms with E-state index < -0.39 is 11.2 Å². The van der Waals surface area contributed by atoms with Crippen molar-refractivity contribution in [3.05, 3.63) is 5.69 Å². The van der Waals surface area contributed by atoms with Crippen LogP contribution in [0.5, 0.6) is 0 Å². The van der Waals surface area contributed by atoms with E-state index >= 15 is 0 Å². The number of aromatic nitrogens is 2. The quantitative estimate of drug-likeness (QED) is 0.651. The molecule has 1 aromatic rings. The van der Waals surface area contributed by atoms with E-state index in [2.05, 4.69) is 9.59 Å². The Morgan fingerprint density at radius 3 is 2.83 bits per heavy atom. The second-order valence-corrected chi connectivity index (χ2v) is 4.59. The third-order valence-electron chi connectivity index (χ3n) is 1.23. The summed E-state index contributed by atoms with van der Waals surface area (Å²) in [5.41, 5.74) is 0.776. The Kier molecular flexibility index (Phi) is 3.05. The molecule has 0 spiro atoms. The van der Waals surface area contributed by atoms with Gasteiger partial charge in [0.1, 0.15) is 4.21 Å². The van der Waals surface area contributed by atoms with E-state index in [-0.39, 0.29) is 0 Å². The molecule has 1 aromatic heterocycles. The maximum atomic E-state index is 10.4. The summed E-state index contributed by atoms with van der Waals surface area (Å²) in [6.07, 6.45) is 0. The number of nitrogens with zero attached hydrogens (tertiary/aromatic N) is 2. The van der Waals surface area contributed by atoms with Crippen molar-refractivity contribution in [2.45, 2.75) is 23.3 Å². The fourth-order valence-electron chi connectivity index (χ4n) is 0.541. The molecule has 1 heterocycles. The molecular formula is C6H7N2O2S2-.